The molecular formula is C15H13F3N2O2. The molecule has 2 aromatic rings. The smallest absolute Gasteiger partial charge is 0.319 e. The van der Waals surface area contributed by atoms with Gasteiger partial charge in [-0.3, -0.25) is 0 Å². The highest BCUT2D eigenvalue weighted by atomic mass is 19.1. The van der Waals surface area contributed by atoms with E-state index in [1.165, 1.54) is 24.3 Å². The van der Waals surface area contributed by atoms with Gasteiger partial charge in [-0.05, 0) is 17.7 Å². The third kappa shape index (κ3) is 3.91. The lowest BCUT2D eigenvalue weighted by molar-refractivity contribution is 0.251. The summed E-state index contributed by atoms with van der Waals surface area (Å²) in [6.07, 6.45) is 0. The van der Waals surface area contributed by atoms with Gasteiger partial charge in [0.1, 0.15) is 5.82 Å². The Morgan fingerprint density at radius 1 is 1.09 bits per heavy atom. The Morgan fingerprint density at radius 2 is 1.68 bits per heavy atom. The molecule has 0 fully saturated rings. The van der Waals surface area contributed by atoms with Gasteiger partial charge in [-0.15, -0.1) is 0 Å². The van der Waals surface area contributed by atoms with E-state index in [0.717, 1.165) is 19.2 Å². The quantitative estimate of drug-likeness (QED) is 0.909. The van der Waals surface area contributed by atoms with Gasteiger partial charge in [-0.25, -0.2) is 18.0 Å². The van der Waals surface area contributed by atoms with Gasteiger partial charge < -0.3 is 15.4 Å². The fraction of sp³-hybridized carbons (Fsp3) is 0.133. The summed E-state index contributed by atoms with van der Waals surface area (Å²) in [4.78, 5) is 11.7. The number of hydrogen-bond donors (Lipinski definition) is 2. The Morgan fingerprint density at radius 3 is 2.23 bits per heavy atom. The Balaban J connectivity index is 1.96. The van der Waals surface area contributed by atoms with E-state index < -0.39 is 23.4 Å². The van der Waals surface area contributed by atoms with Crippen LogP contribution >= 0.6 is 0 Å². The van der Waals surface area contributed by atoms with E-state index in [9.17, 15) is 18.0 Å². The van der Waals surface area contributed by atoms with Crippen molar-refractivity contribution < 1.29 is 22.7 Å². The number of urea groups is 1. The molecular weight excluding hydrogens is 297 g/mol. The molecule has 0 heterocycles. The molecule has 4 nitrogen and oxygen atoms in total. The van der Waals surface area contributed by atoms with Gasteiger partial charge in [-0.1, -0.05) is 12.1 Å². The van der Waals surface area contributed by atoms with Crippen LogP contribution in [0.2, 0.25) is 0 Å². The minimum Gasteiger partial charge on any atom is -0.491 e. The van der Waals surface area contributed by atoms with Gasteiger partial charge in [0, 0.05) is 24.4 Å². The monoisotopic (exact) mass is 310 g/mol. The standard InChI is InChI=1S/C15H13F3N2O2/c1-22-14-12(17)6-11(7-13(14)18)20-15(21)19-8-9-2-4-10(16)5-3-9/h2-7H,8H2,1H3,(H2,19,20,21). The van der Waals surface area contributed by atoms with Crippen LogP contribution in [0.1, 0.15) is 5.56 Å². The number of anilines is 1. The molecule has 0 unspecified atom stereocenters. The first kappa shape index (κ1) is 15.7. The highest BCUT2D eigenvalue weighted by molar-refractivity contribution is 5.89. The van der Waals surface area contributed by atoms with Gasteiger partial charge in [-0.2, -0.15) is 0 Å². The lowest BCUT2D eigenvalue weighted by Gasteiger charge is -2.10. The van der Waals surface area contributed by atoms with Crippen LogP contribution in [-0.4, -0.2) is 13.1 Å². The molecule has 0 aliphatic heterocycles. The fourth-order valence-electron chi connectivity index (χ4n) is 1.79. The molecule has 2 N–H and O–H groups in total. The number of amides is 2. The Hall–Kier alpha value is -2.70. The van der Waals surface area contributed by atoms with E-state index in [-0.39, 0.29) is 18.0 Å². The second kappa shape index (κ2) is 6.84. The Labute approximate surface area is 124 Å². The average Bonchev–Trinajstić information content (AvgIpc) is 2.46. The second-order valence-electron chi connectivity index (χ2n) is 4.41. The van der Waals surface area contributed by atoms with Crippen molar-refractivity contribution in [2.24, 2.45) is 0 Å². The number of methoxy groups -OCH3 is 1. The van der Waals surface area contributed by atoms with Crippen LogP contribution < -0.4 is 15.4 Å². The topological polar surface area (TPSA) is 50.4 Å². The first-order valence-corrected chi connectivity index (χ1v) is 6.32. The second-order valence-corrected chi connectivity index (χ2v) is 4.41. The Bertz CT molecular complexity index is 652. The van der Waals surface area contributed by atoms with Crippen LogP contribution in [0.4, 0.5) is 23.7 Å². The van der Waals surface area contributed by atoms with Crippen molar-refractivity contribution in [3.63, 3.8) is 0 Å². The normalized spacial score (nSPS) is 10.2. The summed E-state index contributed by atoms with van der Waals surface area (Å²) in [5.41, 5.74) is 0.635. The molecule has 116 valence electrons. The number of ether oxygens (including phenoxy) is 1. The van der Waals surface area contributed by atoms with Crippen LogP contribution in [0.15, 0.2) is 36.4 Å². The minimum atomic E-state index is -0.920. The molecule has 22 heavy (non-hydrogen) atoms. The SMILES string of the molecule is COc1c(F)cc(NC(=O)NCc2ccc(F)cc2)cc1F. The summed E-state index contributed by atoms with van der Waals surface area (Å²) in [6.45, 7) is 0.146. The summed E-state index contributed by atoms with van der Waals surface area (Å²) in [6, 6.07) is 6.81. The van der Waals surface area contributed by atoms with Crippen LogP contribution in [-0.2, 0) is 6.54 Å². The van der Waals surface area contributed by atoms with Crippen molar-refractivity contribution in [3.8, 4) is 5.75 Å². The number of hydrogen-bond acceptors (Lipinski definition) is 2. The number of nitrogens with one attached hydrogen (secondary N) is 2. The molecule has 0 spiro atoms. The lowest BCUT2D eigenvalue weighted by Crippen LogP contribution is -2.28. The summed E-state index contributed by atoms with van der Waals surface area (Å²) in [7, 11) is 1.14. The molecule has 0 atom stereocenters. The fourth-order valence-corrected chi connectivity index (χ4v) is 1.79. The third-order valence-electron chi connectivity index (χ3n) is 2.83. The molecule has 0 aliphatic rings. The zero-order valence-corrected chi connectivity index (χ0v) is 11.6. The van der Waals surface area contributed by atoms with E-state index in [1.54, 1.807) is 0 Å². The molecule has 2 amide bonds. The largest absolute Gasteiger partial charge is 0.491 e. The zero-order chi connectivity index (χ0) is 16.1. The summed E-state index contributed by atoms with van der Waals surface area (Å²) in [5.74, 6) is -2.73. The van der Waals surface area contributed by atoms with Crippen LogP contribution in [0.3, 0.4) is 0 Å². The van der Waals surface area contributed by atoms with Crippen molar-refractivity contribution in [1.82, 2.24) is 5.32 Å². The van der Waals surface area contributed by atoms with Gasteiger partial charge in [0.15, 0.2) is 17.4 Å². The van der Waals surface area contributed by atoms with Crippen LogP contribution in [0, 0.1) is 17.5 Å². The molecule has 7 heteroatoms. The van der Waals surface area contributed by atoms with E-state index in [4.69, 9.17) is 0 Å². The molecule has 0 radical (unpaired) electrons. The van der Waals surface area contributed by atoms with Gasteiger partial charge in [0.05, 0.1) is 7.11 Å². The van der Waals surface area contributed by atoms with Crippen molar-refractivity contribution in [2.75, 3.05) is 12.4 Å². The molecule has 2 aromatic carbocycles. The van der Waals surface area contributed by atoms with Crippen molar-refractivity contribution >= 4 is 11.7 Å². The number of benzene rings is 2. The number of halogens is 3. The highest BCUT2D eigenvalue weighted by Crippen LogP contribution is 2.25. The van der Waals surface area contributed by atoms with Crippen molar-refractivity contribution in [1.29, 1.82) is 0 Å². The molecule has 2 rings (SSSR count). The number of carbonyl (C=O) groups excluding carboxylic acids is 1. The van der Waals surface area contributed by atoms with Crippen molar-refractivity contribution in [3.05, 3.63) is 59.4 Å². The van der Waals surface area contributed by atoms with E-state index in [2.05, 4.69) is 15.4 Å². The van der Waals surface area contributed by atoms with E-state index >= 15 is 0 Å². The first-order chi connectivity index (χ1) is 10.5. The molecule has 0 saturated carbocycles. The van der Waals surface area contributed by atoms with Crippen LogP contribution in [0.25, 0.3) is 0 Å². The number of rotatable bonds is 4. The average molecular weight is 310 g/mol. The van der Waals surface area contributed by atoms with Crippen molar-refractivity contribution in [2.45, 2.75) is 6.54 Å². The van der Waals surface area contributed by atoms with E-state index in [1.807, 2.05) is 0 Å². The van der Waals surface area contributed by atoms with E-state index in [0.29, 0.717) is 5.56 Å². The maximum Gasteiger partial charge on any atom is 0.319 e. The number of carbonyl (C=O) groups is 1. The predicted octanol–water partition coefficient (Wildman–Crippen LogP) is 3.43. The minimum absolute atomic E-state index is 0.0487. The van der Waals surface area contributed by atoms with Gasteiger partial charge in [0.2, 0.25) is 0 Å². The molecule has 0 saturated heterocycles. The maximum absolute atomic E-state index is 13.5. The summed E-state index contributed by atoms with van der Waals surface area (Å²) in [5, 5.41) is 4.78. The van der Waals surface area contributed by atoms with Gasteiger partial charge >= 0.3 is 6.03 Å². The van der Waals surface area contributed by atoms with Gasteiger partial charge in [0.25, 0.3) is 0 Å². The zero-order valence-electron chi connectivity index (χ0n) is 11.6. The lowest BCUT2D eigenvalue weighted by atomic mass is 10.2. The predicted molar refractivity (Wildman–Crippen MR) is 75.2 cm³/mol. The molecule has 0 aliphatic carbocycles. The summed E-state index contributed by atoms with van der Waals surface area (Å²) >= 11 is 0. The summed E-state index contributed by atoms with van der Waals surface area (Å²) < 4.78 is 44.2. The maximum atomic E-state index is 13.5. The van der Waals surface area contributed by atoms with Crippen LogP contribution in [0.5, 0.6) is 5.75 Å². The first-order valence-electron chi connectivity index (χ1n) is 6.32. The highest BCUT2D eigenvalue weighted by Gasteiger charge is 2.12. The molecule has 0 bridgehead atoms. The third-order valence-corrected chi connectivity index (χ3v) is 2.83. The molecule has 0 aromatic heterocycles. The Kier molecular flexibility index (Phi) is 4.88.